The van der Waals surface area contributed by atoms with Crippen LogP contribution in [0.2, 0.25) is 0 Å². The highest BCUT2D eigenvalue weighted by Gasteiger charge is 2.36. The number of nitrogens with zero attached hydrogens (tertiary/aromatic N) is 2. The third-order valence-electron chi connectivity index (χ3n) is 12.3. The zero-order chi connectivity index (χ0) is 39.5. The van der Waals surface area contributed by atoms with Gasteiger partial charge in [0.25, 0.3) is 0 Å². The lowest BCUT2D eigenvalue weighted by atomic mass is 9.81. The quantitative estimate of drug-likeness (QED) is 0.169. The molecule has 0 bridgehead atoms. The maximum Gasteiger partial charge on any atom is 0.161 e. The third kappa shape index (κ3) is 5.96. The fourth-order valence-corrected chi connectivity index (χ4v) is 9.26. The van der Waals surface area contributed by atoms with Gasteiger partial charge in [0.1, 0.15) is 0 Å². The second kappa shape index (κ2) is 13.9. The minimum atomic E-state index is -0.124. The Bertz CT molecular complexity index is 3160. The Kier molecular flexibility index (Phi) is 8.20. The van der Waals surface area contributed by atoms with Crippen LogP contribution in [0, 0.1) is 0 Å². The predicted molar refractivity (Wildman–Crippen MR) is 247 cm³/mol. The lowest BCUT2D eigenvalue weighted by molar-refractivity contribution is 0.661. The second-order valence-corrected chi connectivity index (χ2v) is 16.2. The standard InChI is InChI=1S/C57H40N2/c1-57(2)51-31-27-39-20-12-13-23-46(39)55(51)50-28-26-41(35-52(50)57)45-29-30-49(48-25-15-14-24-47(45)48)56-58-53(40-21-10-5-11-22-40)36-54(59-56)44-33-42(37-16-6-3-7-17-37)32-43(34-44)38-18-8-4-9-19-38/h3-36H,1-2H3. The summed E-state index contributed by atoms with van der Waals surface area (Å²) in [5.41, 5.74) is 17.2. The van der Waals surface area contributed by atoms with E-state index in [1.807, 2.05) is 0 Å². The molecule has 1 aliphatic rings. The Labute approximate surface area is 345 Å². The number of hydrogen-bond acceptors (Lipinski definition) is 2. The number of benzene rings is 9. The van der Waals surface area contributed by atoms with Crippen LogP contribution in [-0.4, -0.2) is 9.97 Å². The maximum atomic E-state index is 5.42. The summed E-state index contributed by atoms with van der Waals surface area (Å²) < 4.78 is 0. The molecule has 1 aromatic heterocycles. The van der Waals surface area contributed by atoms with Crippen molar-refractivity contribution in [2.45, 2.75) is 19.3 Å². The fraction of sp³-hybridized carbons (Fsp3) is 0.0526. The molecule has 1 heterocycles. The van der Waals surface area contributed by atoms with E-state index >= 15 is 0 Å². The number of fused-ring (bicyclic) bond motifs is 6. The van der Waals surface area contributed by atoms with E-state index < -0.39 is 0 Å². The molecule has 278 valence electrons. The van der Waals surface area contributed by atoms with E-state index in [0.717, 1.165) is 55.7 Å². The molecule has 59 heavy (non-hydrogen) atoms. The highest BCUT2D eigenvalue weighted by molar-refractivity contribution is 6.06. The molecule has 0 saturated carbocycles. The molecule has 0 N–H and O–H groups in total. The van der Waals surface area contributed by atoms with E-state index in [2.05, 4.69) is 220 Å². The van der Waals surface area contributed by atoms with Crippen LogP contribution in [0.5, 0.6) is 0 Å². The van der Waals surface area contributed by atoms with Crippen LogP contribution in [0.25, 0.3) is 100.0 Å². The first kappa shape index (κ1) is 34.8. The fourth-order valence-electron chi connectivity index (χ4n) is 9.26. The molecule has 10 aromatic rings. The average Bonchev–Trinajstić information content (AvgIpc) is 3.54. The zero-order valence-electron chi connectivity index (χ0n) is 33.0. The van der Waals surface area contributed by atoms with Gasteiger partial charge in [-0.05, 0) is 114 Å². The molecule has 0 unspecified atom stereocenters. The van der Waals surface area contributed by atoms with Crippen molar-refractivity contribution in [2.75, 3.05) is 0 Å². The van der Waals surface area contributed by atoms with E-state index in [-0.39, 0.29) is 5.41 Å². The number of aromatic nitrogens is 2. The Morgan fingerprint density at radius 1 is 0.322 bits per heavy atom. The average molecular weight is 753 g/mol. The van der Waals surface area contributed by atoms with E-state index in [1.54, 1.807) is 0 Å². The van der Waals surface area contributed by atoms with Crippen LogP contribution in [0.1, 0.15) is 25.0 Å². The van der Waals surface area contributed by atoms with E-state index in [1.165, 1.54) is 49.5 Å². The van der Waals surface area contributed by atoms with Gasteiger partial charge in [-0.2, -0.15) is 0 Å². The summed E-state index contributed by atoms with van der Waals surface area (Å²) >= 11 is 0. The molecule has 2 nitrogen and oxygen atoms in total. The summed E-state index contributed by atoms with van der Waals surface area (Å²) in [6.45, 7) is 4.73. The molecule has 0 spiro atoms. The first-order chi connectivity index (χ1) is 29.0. The summed E-state index contributed by atoms with van der Waals surface area (Å²) in [5, 5.41) is 4.90. The summed E-state index contributed by atoms with van der Waals surface area (Å²) in [6.07, 6.45) is 0. The molecule has 0 fully saturated rings. The van der Waals surface area contributed by atoms with Crippen LogP contribution >= 0.6 is 0 Å². The van der Waals surface area contributed by atoms with Gasteiger partial charge in [-0.1, -0.05) is 184 Å². The van der Waals surface area contributed by atoms with Crippen molar-refractivity contribution in [1.29, 1.82) is 0 Å². The maximum absolute atomic E-state index is 5.42. The van der Waals surface area contributed by atoms with Crippen molar-refractivity contribution in [2.24, 2.45) is 0 Å². The Hall–Kier alpha value is -7.42. The minimum Gasteiger partial charge on any atom is -0.228 e. The van der Waals surface area contributed by atoms with Crippen molar-refractivity contribution >= 4 is 21.5 Å². The van der Waals surface area contributed by atoms with Crippen molar-refractivity contribution in [3.8, 4) is 78.4 Å². The number of hydrogen-bond donors (Lipinski definition) is 0. The topological polar surface area (TPSA) is 25.8 Å². The van der Waals surface area contributed by atoms with Gasteiger partial charge in [0, 0.05) is 22.1 Å². The molecule has 0 atom stereocenters. The monoisotopic (exact) mass is 752 g/mol. The van der Waals surface area contributed by atoms with Gasteiger partial charge in [-0.25, -0.2) is 9.97 Å². The Balaban J connectivity index is 1.08. The molecule has 1 aliphatic carbocycles. The van der Waals surface area contributed by atoms with Crippen molar-refractivity contribution in [3.05, 3.63) is 217 Å². The lowest BCUT2D eigenvalue weighted by Gasteiger charge is -2.22. The van der Waals surface area contributed by atoms with E-state index in [4.69, 9.17) is 9.97 Å². The van der Waals surface area contributed by atoms with Gasteiger partial charge in [0.15, 0.2) is 5.82 Å². The van der Waals surface area contributed by atoms with Gasteiger partial charge in [0.2, 0.25) is 0 Å². The van der Waals surface area contributed by atoms with Crippen molar-refractivity contribution in [3.63, 3.8) is 0 Å². The van der Waals surface area contributed by atoms with Crippen LogP contribution < -0.4 is 0 Å². The first-order valence-electron chi connectivity index (χ1n) is 20.4. The Morgan fingerprint density at radius 3 is 1.49 bits per heavy atom. The summed E-state index contributed by atoms with van der Waals surface area (Å²) in [6, 6.07) is 74.3. The van der Waals surface area contributed by atoms with E-state index in [0.29, 0.717) is 5.82 Å². The first-order valence-corrected chi connectivity index (χ1v) is 20.4. The molecule has 11 rings (SSSR count). The highest BCUT2D eigenvalue weighted by Crippen LogP contribution is 2.52. The smallest absolute Gasteiger partial charge is 0.161 e. The highest BCUT2D eigenvalue weighted by atomic mass is 14.9. The lowest BCUT2D eigenvalue weighted by Crippen LogP contribution is -2.15. The summed E-state index contributed by atoms with van der Waals surface area (Å²) in [7, 11) is 0. The second-order valence-electron chi connectivity index (χ2n) is 16.2. The summed E-state index contributed by atoms with van der Waals surface area (Å²) in [5.74, 6) is 0.702. The largest absolute Gasteiger partial charge is 0.228 e. The molecule has 0 amide bonds. The van der Waals surface area contributed by atoms with Gasteiger partial charge >= 0.3 is 0 Å². The molecular formula is C57H40N2. The molecule has 0 saturated heterocycles. The molecule has 0 radical (unpaired) electrons. The third-order valence-corrected chi connectivity index (χ3v) is 12.3. The molecular weight excluding hydrogens is 713 g/mol. The van der Waals surface area contributed by atoms with Crippen LogP contribution in [0.3, 0.4) is 0 Å². The minimum absolute atomic E-state index is 0.124. The van der Waals surface area contributed by atoms with Gasteiger partial charge in [0.05, 0.1) is 11.4 Å². The van der Waals surface area contributed by atoms with Gasteiger partial charge in [-0.3, -0.25) is 0 Å². The van der Waals surface area contributed by atoms with Gasteiger partial charge < -0.3 is 0 Å². The van der Waals surface area contributed by atoms with Crippen molar-refractivity contribution in [1.82, 2.24) is 9.97 Å². The zero-order valence-corrected chi connectivity index (χ0v) is 33.0. The van der Waals surface area contributed by atoms with E-state index in [9.17, 15) is 0 Å². The predicted octanol–water partition coefficient (Wildman–Crippen LogP) is 15.1. The normalized spacial score (nSPS) is 12.7. The molecule has 9 aromatic carbocycles. The molecule has 0 aliphatic heterocycles. The molecule has 2 heteroatoms. The van der Waals surface area contributed by atoms with Crippen LogP contribution in [0.15, 0.2) is 206 Å². The van der Waals surface area contributed by atoms with Gasteiger partial charge in [-0.15, -0.1) is 0 Å². The SMILES string of the molecule is CC1(C)c2cc(-c3ccc(-c4nc(-c5ccccc5)cc(-c5cc(-c6ccccc6)cc(-c6ccccc6)c5)n4)c4ccccc34)ccc2-c2c1ccc1ccccc21. The Morgan fingerprint density at radius 2 is 0.831 bits per heavy atom. The number of rotatable bonds is 6. The van der Waals surface area contributed by atoms with Crippen LogP contribution in [-0.2, 0) is 5.41 Å². The summed E-state index contributed by atoms with van der Waals surface area (Å²) in [4.78, 5) is 10.7. The van der Waals surface area contributed by atoms with Crippen molar-refractivity contribution < 1.29 is 0 Å². The van der Waals surface area contributed by atoms with Crippen LogP contribution in [0.4, 0.5) is 0 Å².